The van der Waals surface area contributed by atoms with Crippen LogP contribution in [0.1, 0.15) is 32.6 Å². The zero-order chi connectivity index (χ0) is 23.4. The smallest absolute Gasteiger partial charge is 0.351 e. The highest BCUT2D eigenvalue weighted by atomic mass is 19.1. The first-order valence-corrected chi connectivity index (χ1v) is 9.78. The van der Waals surface area contributed by atoms with Crippen LogP contribution in [-0.2, 0) is 35.0 Å². The van der Waals surface area contributed by atoms with E-state index in [4.69, 9.17) is 14.2 Å². The number of aromatic nitrogens is 2. The lowest BCUT2D eigenvalue weighted by Gasteiger charge is -2.23. The molecule has 170 valence electrons. The molecule has 1 aliphatic heterocycles. The van der Waals surface area contributed by atoms with Crippen molar-refractivity contribution in [2.45, 2.75) is 51.7 Å². The van der Waals surface area contributed by atoms with E-state index in [1.165, 1.54) is 6.92 Å². The van der Waals surface area contributed by atoms with E-state index in [9.17, 15) is 23.6 Å². The lowest BCUT2D eigenvalue weighted by atomic mass is 10.1. The van der Waals surface area contributed by atoms with Crippen molar-refractivity contribution in [3.8, 4) is 0 Å². The summed E-state index contributed by atoms with van der Waals surface area (Å²) in [7, 11) is 0. The van der Waals surface area contributed by atoms with E-state index >= 15 is 0 Å². The SMILES string of the molecule is CC(=O)OC1C(OC(C)=O)[C@@H](C)O[C@H]1n1cc(F)c(NC(=O)Cc2ccccc2)nc1=O. The minimum atomic E-state index is -1.29. The van der Waals surface area contributed by atoms with Crippen LogP contribution in [0.4, 0.5) is 10.2 Å². The van der Waals surface area contributed by atoms with E-state index < -0.39 is 59.7 Å². The fraction of sp³-hybridized carbons (Fsp3) is 0.381. The molecule has 0 radical (unpaired) electrons. The molecule has 1 fully saturated rings. The zero-order valence-corrected chi connectivity index (χ0v) is 17.6. The number of ether oxygens (including phenoxy) is 3. The number of carbonyl (C=O) groups excluding carboxylic acids is 3. The Morgan fingerprint density at radius 1 is 1.12 bits per heavy atom. The Kier molecular flexibility index (Phi) is 6.98. The van der Waals surface area contributed by atoms with Crippen molar-refractivity contribution in [1.82, 2.24) is 9.55 Å². The third-order valence-corrected chi connectivity index (χ3v) is 4.67. The molecule has 2 unspecified atom stereocenters. The Bertz CT molecular complexity index is 1070. The molecule has 2 aromatic rings. The molecule has 1 N–H and O–H groups in total. The summed E-state index contributed by atoms with van der Waals surface area (Å²) in [6.45, 7) is 3.86. The number of nitrogens with zero attached hydrogens (tertiary/aromatic N) is 2. The summed E-state index contributed by atoms with van der Waals surface area (Å²) in [5.41, 5.74) is -0.257. The molecule has 4 atom stereocenters. The van der Waals surface area contributed by atoms with Crippen molar-refractivity contribution in [2.75, 3.05) is 5.32 Å². The third kappa shape index (κ3) is 5.35. The number of carbonyl (C=O) groups is 3. The fourth-order valence-electron chi connectivity index (χ4n) is 3.37. The Hall–Kier alpha value is -3.60. The number of hydrogen-bond donors (Lipinski definition) is 1. The molecule has 3 rings (SSSR count). The Morgan fingerprint density at radius 3 is 2.38 bits per heavy atom. The van der Waals surface area contributed by atoms with Crippen LogP contribution in [0.5, 0.6) is 0 Å². The summed E-state index contributed by atoms with van der Waals surface area (Å²) >= 11 is 0. The number of nitrogens with one attached hydrogen (secondary N) is 1. The second-order valence-electron chi connectivity index (χ2n) is 7.22. The monoisotopic (exact) mass is 447 g/mol. The largest absolute Gasteiger partial charge is 0.456 e. The summed E-state index contributed by atoms with van der Waals surface area (Å²) in [5, 5.41) is 2.27. The topological polar surface area (TPSA) is 126 Å². The molecule has 1 aromatic carbocycles. The van der Waals surface area contributed by atoms with Gasteiger partial charge in [-0.15, -0.1) is 0 Å². The van der Waals surface area contributed by atoms with Gasteiger partial charge in [-0.25, -0.2) is 9.18 Å². The molecule has 10 nitrogen and oxygen atoms in total. The van der Waals surface area contributed by atoms with Crippen molar-refractivity contribution < 1.29 is 33.0 Å². The van der Waals surface area contributed by atoms with Crippen LogP contribution >= 0.6 is 0 Å². The maximum absolute atomic E-state index is 14.7. The summed E-state index contributed by atoms with van der Waals surface area (Å²) in [6, 6.07) is 8.77. The van der Waals surface area contributed by atoms with E-state index in [0.717, 1.165) is 17.7 Å². The quantitative estimate of drug-likeness (QED) is 0.658. The van der Waals surface area contributed by atoms with Crippen molar-refractivity contribution in [2.24, 2.45) is 0 Å². The van der Waals surface area contributed by atoms with Crippen LogP contribution in [0.3, 0.4) is 0 Å². The summed E-state index contributed by atoms with van der Waals surface area (Å²) in [4.78, 5) is 51.3. The predicted molar refractivity (Wildman–Crippen MR) is 108 cm³/mol. The van der Waals surface area contributed by atoms with Gasteiger partial charge in [0.25, 0.3) is 0 Å². The molecule has 2 heterocycles. The maximum atomic E-state index is 14.7. The van der Waals surface area contributed by atoms with Gasteiger partial charge in [0.15, 0.2) is 30.1 Å². The highest BCUT2D eigenvalue weighted by molar-refractivity contribution is 5.91. The summed E-state index contributed by atoms with van der Waals surface area (Å²) in [5.74, 6) is -3.45. The first-order chi connectivity index (χ1) is 15.2. The standard InChI is InChI=1S/C21H22FN3O7/c1-11-17(31-12(2)26)18(32-13(3)27)20(30-11)25-10-15(22)19(24-21(25)29)23-16(28)9-14-7-5-4-6-8-14/h4-8,10-11,17-18,20H,9H2,1-3H3,(H,23,24,28,29)/t11-,17?,18?,20-/m1/s1. The molecule has 0 spiro atoms. The zero-order valence-electron chi connectivity index (χ0n) is 17.6. The van der Waals surface area contributed by atoms with Crippen LogP contribution in [-0.4, -0.2) is 45.7 Å². The van der Waals surface area contributed by atoms with Crippen LogP contribution < -0.4 is 11.0 Å². The van der Waals surface area contributed by atoms with Gasteiger partial charge < -0.3 is 19.5 Å². The molecular formula is C21H22FN3O7. The van der Waals surface area contributed by atoms with Gasteiger partial charge >= 0.3 is 17.6 Å². The van der Waals surface area contributed by atoms with E-state index in [-0.39, 0.29) is 6.42 Å². The van der Waals surface area contributed by atoms with Gasteiger partial charge in [0.2, 0.25) is 5.91 Å². The van der Waals surface area contributed by atoms with Gasteiger partial charge in [-0.05, 0) is 12.5 Å². The van der Waals surface area contributed by atoms with Gasteiger partial charge in [0, 0.05) is 13.8 Å². The van der Waals surface area contributed by atoms with Crippen molar-refractivity contribution in [1.29, 1.82) is 0 Å². The molecular weight excluding hydrogens is 425 g/mol. The summed E-state index contributed by atoms with van der Waals surface area (Å²) in [6.07, 6.45) is -3.51. The van der Waals surface area contributed by atoms with Crippen LogP contribution in [0, 0.1) is 5.82 Å². The third-order valence-electron chi connectivity index (χ3n) is 4.67. The number of rotatable bonds is 6. The van der Waals surface area contributed by atoms with Crippen molar-refractivity contribution in [3.05, 3.63) is 58.4 Å². The average molecular weight is 447 g/mol. The second kappa shape index (κ2) is 9.69. The highest BCUT2D eigenvalue weighted by Crippen LogP contribution is 2.33. The lowest BCUT2D eigenvalue weighted by molar-refractivity contribution is -0.165. The lowest BCUT2D eigenvalue weighted by Crippen LogP contribution is -2.40. The van der Waals surface area contributed by atoms with Crippen molar-refractivity contribution in [3.63, 3.8) is 0 Å². The van der Waals surface area contributed by atoms with E-state index in [0.29, 0.717) is 5.56 Å². The number of benzene rings is 1. The van der Waals surface area contributed by atoms with Crippen LogP contribution in [0.25, 0.3) is 0 Å². The first kappa shape index (κ1) is 23.1. The normalized spacial score (nSPS) is 22.2. The molecule has 11 heteroatoms. The first-order valence-electron chi connectivity index (χ1n) is 9.78. The number of amides is 1. The minimum Gasteiger partial charge on any atom is -0.456 e. The molecule has 32 heavy (non-hydrogen) atoms. The number of anilines is 1. The molecule has 1 aromatic heterocycles. The van der Waals surface area contributed by atoms with E-state index in [1.54, 1.807) is 37.3 Å². The molecule has 0 saturated carbocycles. The Morgan fingerprint density at radius 2 is 1.75 bits per heavy atom. The van der Waals surface area contributed by atoms with E-state index in [1.807, 2.05) is 0 Å². The van der Waals surface area contributed by atoms with E-state index in [2.05, 4.69) is 10.3 Å². The van der Waals surface area contributed by atoms with Crippen LogP contribution in [0.15, 0.2) is 41.3 Å². The molecule has 1 amide bonds. The van der Waals surface area contributed by atoms with Gasteiger partial charge in [-0.2, -0.15) is 4.98 Å². The predicted octanol–water partition coefficient (Wildman–Crippen LogP) is 1.34. The maximum Gasteiger partial charge on any atom is 0.351 e. The number of hydrogen-bond acceptors (Lipinski definition) is 8. The Balaban J connectivity index is 1.84. The number of esters is 2. The summed E-state index contributed by atoms with van der Waals surface area (Å²) < 4.78 is 31.5. The molecule has 1 saturated heterocycles. The van der Waals surface area contributed by atoms with Gasteiger partial charge in [0.05, 0.1) is 18.7 Å². The molecule has 0 bridgehead atoms. The second-order valence-corrected chi connectivity index (χ2v) is 7.22. The van der Waals surface area contributed by atoms with Gasteiger partial charge in [0.1, 0.15) is 0 Å². The molecule has 1 aliphatic rings. The minimum absolute atomic E-state index is 0.0348. The van der Waals surface area contributed by atoms with Gasteiger partial charge in [-0.3, -0.25) is 19.0 Å². The fourth-order valence-corrected chi connectivity index (χ4v) is 3.37. The Labute approximate surface area is 182 Å². The van der Waals surface area contributed by atoms with Gasteiger partial charge in [-0.1, -0.05) is 30.3 Å². The highest BCUT2D eigenvalue weighted by Gasteiger charge is 2.48. The van der Waals surface area contributed by atoms with Crippen LogP contribution in [0.2, 0.25) is 0 Å². The van der Waals surface area contributed by atoms with Crippen molar-refractivity contribution >= 4 is 23.7 Å². The average Bonchev–Trinajstić information content (AvgIpc) is 2.99. The number of halogens is 1. The molecule has 0 aliphatic carbocycles.